The first-order valence-electron chi connectivity index (χ1n) is 7.60. The third-order valence-corrected chi connectivity index (χ3v) is 3.79. The summed E-state index contributed by atoms with van der Waals surface area (Å²) in [6, 6.07) is 8.66. The van der Waals surface area contributed by atoms with Crippen LogP contribution in [-0.4, -0.2) is 34.3 Å². The number of methoxy groups -OCH3 is 2. The van der Waals surface area contributed by atoms with Crippen molar-refractivity contribution in [2.75, 3.05) is 19.5 Å². The average molecular weight is 342 g/mol. The predicted molar refractivity (Wildman–Crippen MR) is 92.4 cm³/mol. The first-order valence-corrected chi connectivity index (χ1v) is 7.60. The van der Waals surface area contributed by atoms with E-state index < -0.39 is 0 Å². The van der Waals surface area contributed by atoms with E-state index in [1.165, 1.54) is 11.5 Å². The van der Waals surface area contributed by atoms with E-state index >= 15 is 0 Å². The standard InChI is InChI=1S/C17H18N4O4/c1-11-8-13(24-2)14(25-3)9-12(11)18-16(22)10-21-17(23)20-7-5-4-6-15(20)19-21/h4-9H,10H2,1-3H3,(H,18,22). The lowest BCUT2D eigenvalue weighted by molar-refractivity contribution is -0.117. The minimum Gasteiger partial charge on any atom is -0.493 e. The topological polar surface area (TPSA) is 86.9 Å². The van der Waals surface area contributed by atoms with Gasteiger partial charge < -0.3 is 14.8 Å². The molecule has 1 amide bonds. The molecule has 1 aromatic carbocycles. The number of rotatable bonds is 5. The van der Waals surface area contributed by atoms with Gasteiger partial charge in [-0.05, 0) is 30.7 Å². The number of hydrogen-bond acceptors (Lipinski definition) is 5. The minimum absolute atomic E-state index is 0.186. The highest BCUT2D eigenvalue weighted by atomic mass is 16.5. The van der Waals surface area contributed by atoms with Crippen LogP contribution in [0.15, 0.2) is 41.3 Å². The van der Waals surface area contributed by atoms with Crippen molar-refractivity contribution in [1.29, 1.82) is 0 Å². The van der Waals surface area contributed by atoms with Crippen molar-refractivity contribution in [2.24, 2.45) is 0 Å². The quantitative estimate of drug-likeness (QED) is 0.758. The Kier molecular flexibility index (Phi) is 4.42. The lowest BCUT2D eigenvalue weighted by Gasteiger charge is -2.13. The van der Waals surface area contributed by atoms with Crippen LogP contribution in [0.3, 0.4) is 0 Å². The van der Waals surface area contributed by atoms with Crippen LogP contribution in [-0.2, 0) is 11.3 Å². The van der Waals surface area contributed by atoms with Crippen molar-refractivity contribution >= 4 is 17.2 Å². The highest BCUT2D eigenvalue weighted by Gasteiger charge is 2.14. The van der Waals surface area contributed by atoms with Crippen LogP contribution >= 0.6 is 0 Å². The number of aromatic nitrogens is 3. The number of carbonyl (C=O) groups is 1. The normalized spacial score (nSPS) is 10.7. The third-order valence-electron chi connectivity index (χ3n) is 3.79. The van der Waals surface area contributed by atoms with E-state index in [0.29, 0.717) is 22.8 Å². The molecule has 2 heterocycles. The number of nitrogens with one attached hydrogen (secondary N) is 1. The first kappa shape index (κ1) is 16.6. The molecule has 130 valence electrons. The van der Waals surface area contributed by atoms with Crippen LogP contribution in [0.1, 0.15) is 5.56 Å². The molecule has 0 aliphatic carbocycles. The van der Waals surface area contributed by atoms with Crippen molar-refractivity contribution in [3.05, 3.63) is 52.6 Å². The Morgan fingerprint density at radius 1 is 1.20 bits per heavy atom. The third kappa shape index (κ3) is 3.18. The van der Waals surface area contributed by atoms with Crippen LogP contribution in [0, 0.1) is 6.92 Å². The van der Waals surface area contributed by atoms with Gasteiger partial charge in [-0.3, -0.25) is 9.20 Å². The Balaban J connectivity index is 1.83. The number of aryl methyl sites for hydroxylation is 1. The molecular formula is C17H18N4O4. The Bertz CT molecular complexity index is 990. The van der Waals surface area contributed by atoms with Crippen LogP contribution in [0.5, 0.6) is 11.5 Å². The number of ether oxygens (including phenoxy) is 2. The largest absolute Gasteiger partial charge is 0.493 e. The second kappa shape index (κ2) is 6.68. The summed E-state index contributed by atoms with van der Waals surface area (Å²) >= 11 is 0. The van der Waals surface area contributed by atoms with Gasteiger partial charge in [-0.25, -0.2) is 9.48 Å². The van der Waals surface area contributed by atoms with Crippen molar-refractivity contribution in [1.82, 2.24) is 14.2 Å². The molecule has 0 bridgehead atoms. The molecule has 1 N–H and O–H groups in total. The number of benzene rings is 1. The lowest BCUT2D eigenvalue weighted by atomic mass is 10.1. The summed E-state index contributed by atoms with van der Waals surface area (Å²) in [6.07, 6.45) is 1.61. The van der Waals surface area contributed by atoms with E-state index in [2.05, 4.69) is 10.4 Å². The average Bonchev–Trinajstić information content (AvgIpc) is 2.92. The number of hydrogen-bond donors (Lipinski definition) is 1. The van der Waals surface area contributed by atoms with Crippen molar-refractivity contribution in [3.63, 3.8) is 0 Å². The number of anilines is 1. The van der Waals surface area contributed by atoms with Gasteiger partial charge in [0.05, 0.1) is 14.2 Å². The van der Waals surface area contributed by atoms with Gasteiger partial charge in [-0.2, -0.15) is 0 Å². The molecule has 3 rings (SSSR count). The number of amides is 1. The first-order chi connectivity index (χ1) is 12.0. The van der Waals surface area contributed by atoms with Gasteiger partial charge in [0.25, 0.3) is 0 Å². The predicted octanol–water partition coefficient (Wildman–Crippen LogP) is 1.46. The van der Waals surface area contributed by atoms with Gasteiger partial charge in [-0.15, -0.1) is 5.10 Å². The molecule has 0 unspecified atom stereocenters. The molecule has 8 heteroatoms. The van der Waals surface area contributed by atoms with E-state index in [9.17, 15) is 9.59 Å². The molecule has 0 fully saturated rings. The second-order valence-electron chi connectivity index (χ2n) is 5.44. The molecule has 0 radical (unpaired) electrons. The van der Waals surface area contributed by atoms with E-state index in [-0.39, 0.29) is 18.1 Å². The summed E-state index contributed by atoms with van der Waals surface area (Å²) in [5.41, 5.74) is 1.52. The van der Waals surface area contributed by atoms with Crippen molar-refractivity contribution in [3.8, 4) is 11.5 Å². The Morgan fingerprint density at radius 2 is 1.92 bits per heavy atom. The number of nitrogens with zero attached hydrogens (tertiary/aromatic N) is 3. The summed E-state index contributed by atoms with van der Waals surface area (Å²) in [5.74, 6) is 0.726. The molecule has 0 aliphatic rings. The highest BCUT2D eigenvalue weighted by molar-refractivity contribution is 5.91. The second-order valence-corrected chi connectivity index (χ2v) is 5.44. The van der Waals surface area contributed by atoms with E-state index in [1.54, 1.807) is 43.6 Å². The fourth-order valence-electron chi connectivity index (χ4n) is 2.51. The summed E-state index contributed by atoms with van der Waals surface area (Å²) in [4.78, 5) is 24.5. The molecule has 3 aromatic rings. The zero-order valence-electron chi connectivity index (χ0n) is 14.1. The molecule has 0 spiro atoms. The molecular weight excluding hydrogens is 324 g/mol. The van der Waals surface area contributed by atoms with E-state index in [1.807, 2.05) is 6.92 Å². The summed E-state index contributed by atoms with van der Waals surface area (Å²) in [6.45, 7) is 1.66. The smallest absolute Gasteiger partial charge is 0.350 e. The SMILES string of the molecule is COc1cc(C)c(NC(=O)Cn2nc3ccccn3c2=O)cc1OC. The summed E-state index contributed by atoms with van der Waals surface area (Å²) < 4.78 is 13.0. The molecule has 0 atom stereocenters. The highest BCUT2D eigenvalue weighted by Crippen LogP contribution is 2.32. The Labute approximate surface area is 143 Å². The fourth-order valence-corrected chi connectivity index (χ4v) is 2.51. The number of fused-ring (bicyclic) bond motifs is 1. The van der Waals surface area contributed by atoms with Crippen LogP contribution in [0.2, 0.25) is 0 Å². The van der Waals surface area contributed by atoms with Gasteiger partial charge in [0.1, 0.15) is 6.54 Å². The molecule has 0 saturated carbocycles. The van der Waals surface area contributed by atoms with Gasteiger partial charge in [-0.1, -0.05) is 6.07 Å². The summed E-state index contributed by atoms with van der Waals surface area (Å²) in [7, 11) is 3.07. The number of pyridine rings is 1. The van der Waals surface area contributed by atoms with Crippen molar-refractivity contribution in [2.45, 2.75) is 13.5 Å². The fraction of sp³-hybridized carbons (Fsp3) is 0.235. The van der Waals surface area contributed by atoms with Crippen molar-refractivity contribution < 1.29 is 14.3 Å². The van der Waals surface area contributed by atoms with Gasteiger partial charge in [0.15, 0.2) is 17.1 Å². The Morgan fingerprint density at radius 3 is 2.60 bits per heavy atom. The maximum atomic E-state index is 12.3. The summed E-state index contributed by atoms with van der Waals surface area (Å²) in [5, 5.41) is 6.91. The lowest BCUT2D eigenvalue weighted by Crippen LogP contribution is -2.28. The molecule has 25 heavy (non-hydrogen) atoms. The van der Waals surface area contributed by atoms with E-state index in [0.717, 1.165) is 10.2 Å². The number of carbonyl (C=O) groups excluding carboxylic acids is 1. The van der Waals surface area contributed by atoms with E-state index in [4.69, 9.17) is 9.47 Å². The van der Waals surface area contributed by atoms with Crippen LogP contribution in [0.4, 0.5) is 5.69 Å². The maximum absolute atomic E-state index is 12.3. The van der Waals surface area contributed by atoms with Gasteiger partial charge in [0.2, 0.25) is 5.91 Å². The molecule has 2 aromatic heterocycles. The van der Waals surface area contributed by atoms with Crippen LogP contribution in [0.25, 0.3) is 5.65 Å². The molecule has 0 saturated heterocycles. The minimum atomic E-state index is -0.366. The molecule has 8 nitrogen and oxygen atoms in total. The maximum Gasteiger partial charge on any atom is 0.350 e. The molecule has 0 aliphatic heterocycles. The van der Waals surface area contributed by atoms with Gasteiger partial charge >= 0.3 is 5.69 Å². The zero-order valence-corrected chi connectivity index (χ0v) is 14.1. The van der Waals surface area contributed by atoms with Gasteiger partial charge in [0, 0.05) is 18.0 Å². The monoisotopic (exact) mass is 342 g/mol. The van der Waals surface area contributed by atoms with Crippen LogP contribution < -0.4 is 20.5 Å². The zero-order chi connectivity index (χ0) is 18.0. The Hall–Kier alpha value is -3.29.